The summed E-state index contributed by atoms with van der Waals surface area (Å²) in [6.45, 7) is 6.71. The highest BCUT2D eigenvalue weighted by molar-refractivity contribution is 5.71. The van der Waals surface area contributed by atoms with E-state index in [0.29, 0.717) is 19.3 Å². The predicted molar refractivity (Wildman–Crippen MR) is 353 cm³/mol. The minimum absolute atomic E-state index is 0.0644. The smallest absolute Gasteiger partial charge is 0.306 e. The molecule has 0 heterocycles. The monoisotopic (exact) mass is 1140 g/mol. The Morgan fingerprint density at radius 2 is 0.444 bits per heavy atom. The summed E-state index contributed by atoms with van der Waals surface area (Å²) in [5.41, 5.74) is 0. The topological polar surface area (TPSA) is 78.9 Å². The SMILES string of the molecule is CCCCCCC/C=C\C/C=C\C/C=C\CCCCCCCCCCCCCCCCCCC(=O)OCC(COC(=O)CCCCCCCCCCCCCCCC)OC(=O)CCCCCCCCCCCCCCCCCCCC. The van der Waals surface area contributed by atoms with Gasteiger partial charge in [0, 0.05) is 19.3 Å². The van der Waals surface area contributed by atoms with Crippen LogP contribution in [0, 0.1) is 0 Å². The number of carbonyl (C=O) groups is 3. The van der Waals surface area contributed by atoms with Crippen LogP contribution >= 0.6 is 0 Å². The molecule has 0 aromatic rings. The molecule has 0 saturated heterocycles. The standard InChI is InChI=1S/C75H140O6/c1-4-7-10-13-16-19-22-25-28-30-32-33-34-35-36-37-38-39-40-41-42-43-44-46-47-50-53-56-59-62-65-68-74(77)80-71-72(70-79-73(76)67-64-61-58-55-52-49-27-24-21-18-15-12-9-6-3)81-75(78)69-66-63-60-57-54-51-48-45-31-29-26-23-20-17-14-11-8-5-2/h22,25,30,32,34-35,72H,4-21,23-24,26-29,31,33,36-71H2,1-3H3/b25-22-,32-30-,35-34-. The van der Waals surface area contributed by atoms with E-state index < -0.39 is 6.10 Å². The maximum atomic E-state index is 12.9. The molecule has 1 atom stereocenters. The van der Waals surface area contributed by atoms with Gasteiger partial charge in [-0.25, -0.2) is 0 Å². The number of ether oxygens (including phenoxy) is 3. The molecule has 0 rings (SSSR count). The summed E-state index contributed by atoms with van der Waals surface area (Å²) in [6.07, 6.45) is 87.5. The van der Waals surface area contributed by atoms with Crippen molar-refractivity contribution in [3.63, 3.8) is 0 Å². The largest absolute Gasteiger partial charge is 0.462 e. The van der Waals surface area contributed by atoms with Gasteiger partial charge >= 0.3 is 17.9 Å². The summed E-state index contributed by atoms with van der Waals surface area (Å²) in [6, 6.07) is 0. The van der Waals surface area contributed by atoms with Crippen molar-refractivity contribution in [2.24, 2.45) is 0 Å². The maximum absolute atomic E-state index is 12.9. The van der Waals surface area contributed by atoms with Gasteiger partial charge in [-0.1, -0.05) is 365 Å². The summed E-state index contributed by atoms with van der Waals surface area (Å²) in [5, 5.41) is 0. The molecular formula is C75H140O6. The van der Waals surface area contributed by atoms with Gasteiger partial charge in [0.2, 0.25) is 0 Å². The van der Waals surface area contributed by atoms with Crippen LogP contribution in [0.3, 0.4) is 0 Å². The first-order chi connectivity index (χ1) is 40.0. The van der Waals surface area contributed by atoms with E-state index in [1.165, 1.54) is 295 Å². The van der Waals surface area contributed by atoms with Crippen molar-refractivity contribution in [1.29, 1.82) is 0 Å². The fourth-order valence-corrected chi connectivity index (χ4v) is 11.2. The fourth-order valence-electron chi connectivity index (χ4n) is 11.2. The van der Waals surface area contributed by atoms with Crippen LogP contribution in [0.4, 0.5) is 0 Å². The summed E-state index contributed by atoms with van der Waals surface area (Å²) in [4.78, 5) is 38.4. The van der Waals surface area contributed by atoms with Crippen molar-refractivity contribution < 1.29 is 28.6 Å². The number of carbonyl (C=O) groups excluding carboxylic acids is 3. The molecule has 81 heavy (non-hydrogen) atoms. The Hall–Kier alpha value is -2.37. The third-order valence-corrected chi connectivity index (χ3v) is 16.6. The number of hydrogen-bond acceptors (Lipinski definition) is 6. The zero-order valence-corrected chi connectivity index (χ0v) is 54.8. The third kappa shape index (κ3) is 68.3. The molecule has 6 nitrogen and oxygen atoms in total. The lowest BCUT2D eigenvalue weighted by Gasteiger charge is -2.18. The van der Waals surface area contributed by atoms with Gasteiger partial charge in [-0.05, 0) is 57.8 Å². The number of rotatable bonds is 68. The van der Waals surface area contributed by atoms with Crippen LogP contribution in [0.1, 0.15) is 406 Å². The number of allylic oxidation sites excluding steroid dienone is 6. The molecule has 0 aromatic heterocycles. The number of esters is 3. The second kappa shape index (κ2) is 70.1. The molecule has 0 bridgehead atoms. The van der Waals surface area contributed by atoms with Gasteiger partial charge in [-0.2, -0.15) is 0 Å². The molecular weight excluding hydrogens is 997 g/mol. The van der Waals surface area contributed by atoms with E-state index in [-0.39, 0.29) is 31.1 Å². The van der Waals surface area contributed by atoms with Crippen LogP contribution in [0.25, 0.3) is 0 Å². The van der Waals surface area contributed by atoms with E-state index in [2.05, 4.69) is 57.2 Å². The zero-order valence-electron chi connectivity index (χ0n) is 54.8. The molecule has 0 radical (unpaired) electrons. The van der Waals surface area contributed by atoms with Crippen LogP contribution < -0.4 is 0 Å². The summed E-state index contributed by atoms with van der Waals surface area (Å²) >= 11 is 0. The van der Waals surface area contributed by atoms with Crippen molar-refractivity contribution in [2.75, 3.05) is 13.2 Å². The van der Waals surface area contributed by atoms with Crippen LogP contribution in [-0.4, -0.2) is 37.2 Å². The molecule has 0 spiro atoms. The van der Waals surface area contributed by atoms with E-state index in [9.17, 15) is 14.4 Å². The van der Waals surface area contributed by atoms with E-state index in [0.717, 1.165) is 70.6 Å². The average Bonchev–Trinajstić information content (AvgIpc) is 3.47. The molecule has 0 aliphatic heterocycles. The molecule has 0 aromatic carbocycles. The average molecular weight is 1140 g/mol. The summed E-state index contributed by atoms with van der Waals surface area (Å²) < 4.78 is 17.0. The summed E-state index contributed by atoms with van der Waals surface area (Å²) in [7, 11) is 0. The molecule has 0 N–H and O–H groups in total. The van der Waals surface area contributed by atoms with Gasteiger partial charge in [0.1, 0.15) is 13.2 Å². The second-order valence-electron chi connectivity index (χ2n) is 24.9. The molecule has 1 unspecified atom stereocenters. The van der Waals surface area contributed by atoms with Crippen molar-refractivity contribution in [1.82, 2.24) is 0 Å². The van der Waals surface area contributed by atoms with Crippen LogP contribution in [-0.2, 0) is 28.6 Å². The van der Waals surface area contributed by atoms with E-state index >= 15 is 0 Å². The maximum Gasteiger partial charge on any atom is 0.306 e. The molecule has 0 saturated carbocycles. The van der Waals surface area contributed by atoms with Gasteiger partial charge in [-0.15, -0.1) is 0 Å². The Morgan fingerprint density at radius 3 is 0.691 bits per heavy atom. The lowest BCUT2D eigenvalue weighted by atomic mass is 10.0. The van der Waals surface area contributed by atoms with Crippen LogP contribution in [0.15, 0.2) is 36.5 Å². The lowest BCUT2D eigenvalue weighted by molar-refractivity contribution is -0.167. The van der Waals surface area contributed by atoms with Crippen molar-refractivity contribution >= 4 is 17.9 Å². The van der Waals surface area contributed by atoms with Crippen LogP contribution in [0.5, 0.6) is 0 Å². The highest BCUT2D eigenvalue weighted by Gasteiger charge is 2.19. The van der Waals surface area contributed by atoms with Gasteiger partial charge < -0.3 is 14.2 Å². The van der Waals surface area contributed by atoms with E-state index in [4.69, 9.17) is 14.2 Å². The highest BCUT2D eigenvalue weighted by atomic mass is 16.6. The van der Waals surface area contributed by atoms with Gasteiger partial charge in [0.25, 0.3) is 0 Å². The Kier molecular flexibility index (Phi) is 68.1. The first-order valence-corrected chi connectivity index (χ1v) is 36.5. The molecule has 0 aliphatic carbocycles. The predicted octanol–water partition coefficient (Wildman–Crippen LogP) is 25.1. The highest BCUT2D eigenvalue weighted by Crippen LogP contribution is 2.19. The lowest BCUT2D eigenvalue weighted by Crippen LogP contribution is -2.30. The molecule has 476 valence electrons. The Balaban J connectivity index is 4.17. The number of hydrogen-bond donors (Lipinski definition) is 0. The first kappa shape index (κ1) is 78.6. The quantitative estimate of drug-likeness (QED) is 0.0261. The third-order valence-electron chi connectivity index (χ3n) is 16.6. The Labute approximate surface area is 506 Å². The van der Waals surface area contributed by atoms with Gasteiger partial charge in [0.15, 0.2) is 6.10 Å². The van der Waals surface area contributed by atoms with Gasteiger partial charge in [0.05, 0.1) is 0 Å². The van der Waals surface area contributed by atoms with Gasteiger partial charge in [-0.3, -0.25) is 14.4 Å². The number of unbranched alkanes of at least 4 members (excludes halogenated alkanes) is 51. The minimum atomic E-state index is -0.768. The second-order valence-corrected chi connectivity index (χ2v) is 24.9. The molecule has 0 amide bonds. The molecule has 0 fully saturated rings. The summed E-state index contributed by atoms with van der Waals surface area (Å²) in [5.74, 6) is -0.831. The minimum Gasteiger partial charge on any atom is -0.462 e. The van der Waals surface area contributed by atoms with E-state index in [1.54, 1.807) is 0 Å². The normalized spacial score (nSPS) is 12.2. The van der Waals surface area contributed by atoms with E-state index in [1.807, 2.05) is 0 Å². The molecule has 6 heteroatoms. The Bertz CT molecular complexity index is 1350. The Morgan fingerprint density at radius 1 is 0.247 bits per heavy atom. The first-order valence-electron chi connectivity index (χ1n) is 36.5. The zero-order chi connectivity index (χ0) is 58.5. The van der Waals surface area contributed by atoms with Crippen LogP contribution in [0.2, 0.25) is 0 Å². The van der Waals surface area contributed by atoms with Crippen molar-refractivity contribution in [3.05, 3.63) is 36.5 Å². The van der Waals surface area contributed by atoms with Crippen molar-refractivity contribution in [2.45, 2.75) is 412 Å². The fraction of sp³-hybridized carbons (Fsp3) is 0.880. The molecule has 0 aliphatic rings. The van der Waals surface area contributed by atoms with Crippen molar-refractivity contribution in [3.8, 4) is 0 Å².